The molecule has 1 rings (SSSR count). The largest absolute Gasteiger partial charge is 0.481 e. The lowest BCUT2D eigenvalue weighted by Crippen LogP contribution is -2.62. The van der Waals surface area contributed by atoms with E-state index in [-0.39, 0.29) is 13.0 Å². The van der Waals surface area contributed by atoms with Gasteiger partial charge in [-0.1, -0.05) is 34.1 Å². The minimum atomic E-state index is -1.79. The number of hydrogen-bond acceptors (Lipinski definition) is 12. The normalized spacial score (nSPS) is 19.1. The number of hydrogen-bond donors (Lipinski definition) is 11. The molecule has 6 amide bonds. The minimum absolute atomic E-state index is 0.172. The van der Waals surface area contributed by atoms with Crippen LogP contribution in [-0.4, -0.2) is 146 Å². The molecular formula is C30H51N7O13. The van der Waals surface area contributed by atoms with Crippen LogP contribution < -0.4 is 32.3 Å². The first kappa shape index (κ1) is 43.6. The van der Waals surface area contributed by atoms with Gasteiger partial charge in [-0.05, 0) is 31.6 Å². The number of nitrogens with one attached hydrogen (secondary N) is 5. The standard InChI is InChI=1S/C30H51N7O13/c1-6-14(4)23(30(49)50)36-24(43)16(10-20(41)42)32-25(44)17(11-38)34-28(47)22(13(2)3)35-26(45)18(12-39)33-27(46)19-8-7-9-37(19)29(48)21(31)15(5)40/h13-19,21-23,38-40H,6-12,31H2,1-5H3,(H,32,44)(H,33,46)(H,34,47)(H,35,45)(H,36,43)(H,41,42)(H,49,50)/t14-,15+,16-,17-,18-,19-,21-,22-,23-/m0/s1. The molecule has 1 aliphatic rings. The number of rotatable bonds is 20. The molecule has 20 nitrogen and oxygen atoms in total. The van der Waals surface area contributed by atoms with Crippen molar-refractivity contribution in [3.05, 3.63) is 0 Å². The van der Waals surface area contributed by atoms with Crippen molar-refractivity contribution in [1.29, 1.82) is 0 Å². The van der Waals surface area contributed by atoms with Crippen LogP contribution in [-0.2, 0) is 38.4 Å². The maximum Gasteiger partial charge on any atom is 0.326 e. The molecular weight excluding hydrogens is 666 g/mol. The van der Waals surface area contributed by atoms with E-state index in [0.717, 1.165) is 0 Å². The number of carbonyl (C=O) groups is 8. The average molecular weight is 718 g/mol. The van der Waals surface area contributed by atoms with Crippen molar-refractivity contribution in [1.82, 2.24) is 31.5 Å². The molecule has 0 radical (unpaired) electrons. The Hall–Kier alpha value is -4.40. The Morgan fingerprint density at radius 1 is 0.760 bits per heavy atom. The highest BCUT2D eigenvalue weighted by Gasteiger charge is 2.39. The molecule has 0 bridgehead atoms. The zero-order valence-electron chi connectivity index (χ0n) is 28.7. The number of amides is 6. The predicted octanol–water partition coefficient (Wildman–Crippen LogP) is -4.64. The lowest BCUT2D eigenvalue weighted by Gasteiger charge is -2.29. The van der Waals surface area contributed by atoms with Gasteiger partial charge in [0.05, 0.1) is 25.7 Å². The van der Waals surface area contributed by atoms with Crippen LogP contribution in [0.4, 0.5) is 0 Å². The Morgan fingerprint density at radius 2 is 1.26 bits per heavy atom. The van der Waals surface area contributed by atoms with E-state index >= 15 is 0 Å². The highest BCUT2D eigenvalue weighted by atomic mass is 16.4. The Labute approximate surface area is 288 Å². The fourth-order valence-corrected chi connectivity index (χ4v) is 5.00. The minimum Gasteiger partial charge on any atom is -0.481 e. The van der Waals surface area contributed by atoms with Gasteiger partial charge in [0.25, 0.3) is 0 Å². The number of carboxylic acid groups (broad SMARTS) is 2. The monoisotopic (exact) mass is 717 g/mol. The summed E-state index contributed by atoms with van der Waals surface area (Å²) in [5.74, 6) is -9.92. The molecule has 50 heavy (non-hydrogen) atoms. The summed E-state index contributed by atoms with van der Waals surface area (Å²) in [6.07, 6.45) is -1.14. The number of nitrogens with two attached hydrogens (primary N) is 1. The Balaban J connectivity index is 3.03. The first-order chi connectivity index (χ1) is 23.3. The summed E-state index contributed by atoms with van der Waals surface area (Å²) in [6.45, 7) is 5.80. The van der Waals surface area contributed by atoms with E-state index in [0.29, 0.717) is 12.8 Å². The molecule has 0 aromatic rings. The van der Waals surface area contributed by atoms with Crippen LogP contribution in [0, 0.1) is 11.8 Å². The maximum absolute atomic E-state index is 13.2. The Bertz CT molecular complexity index is 1250. The van der Waals surface area contributed by atoms with Crippen molar-refractivity contribution in [2.45, 2.75) is 109 Å². The van der Waals surface area contributed by atoms with Gasteiger partial charge in [0.1, 0.15) is 42.3 Å². The number of carbonyl (C=O) groups excluding carboxylic acids is 6. The summed E-state index contributed by atoms with van der Waals surface area (Å²) < 4.78 is 0. The van der Waals surface area contributed by atoms with Gasteiger partial charge in [0.2, 0.25) is 35.4 Å². The number of nitrogens with zero attached hydrogens (tertiary/aromatic N) is 1. The van der Waals surface area contributed by atoms with Gasteiger partial charge in [-0.25, -0.2) is 4.79 Å². The number of aliphatic carboxylic acids is 2. The van der Waals surface area contributed by atoms with Crippen molar-refractivity contribution in [2.24, 2.45) is 17.6 Å². The summed E-state index contributed by atoms with van der Waals surface area (Å²) in [5, 5.41) is 59.4. The van der Waals surface area contributed by atoms with Gasteiger partial charge >= 0.3 is 11.9 Å². The van der Waals surface area contributed by atoms with Crippen molar-refractivity contribution in [3.8, 4) is 0 Å². The molecule has 12 N–H and O–H groups in total. The highest BCUT2D eigenvalue weighted by molar-refractivity contribution is 5.98. The molecule has 1 saturated heterocycles. The summed E-state index contributed by atoms with van der Waals surface area (Å²) in [5.41, 5.74) is 5.73. The van der Waals surface area contributed by atoms with E-state index in [1.165, 1.54) is 25.7 Å². The lowest BCUT2D eigenvalue weighted by atomic mass is 9.98. The van der Waals surface area contributed by atoms with Crippen molar-refractivity contribution < 1.29 is 63.9 Å². The molecule has 0 spiro atoms. The first-order valence-electron chi connectivity index (χ1n) is 16.2. The molecule has 1 aliphatic heterocycles. The second-order valence-electron chi connectivity index (χ2n) is 12.5. The van der Waals surface area contributed by atoms with Gasteiger partial charge in [0, 0.05) is 6.54 Å². The summed E-state index contributed by atoms with van der Waals surface area (Å²) in [6, 6.07) is -10.3. The number of likely N-dealkylation sites (tertiary alicyclic amines) is 1. The van der Waals surface area contributed by atoms with E-state index in [1.54, 1.807) is 13.8 Å². The number of aliphatic hydroxyl groups is 3. The molecule has 0 saturated carbocycles. The van der Waals surface area contributed by atoms with Crippen molar-refractivity contribution in [3.63, 3.8) is 0 Å². The van der Waals surface area contributed by atoms with E-state index in [2.05, 4.69) is 26.6 Å². The van der Waals surface area contributed by atoms with Crippen LogP contribution in [0.1, 0.15) is 60.3 Å². The fraction of sp³-hybridized carbons (Fsp3) is 0.733. The van der Waals surface area contributed by atoms with Crippen LogP contribution in [0.15, 0.2) is 0 Å². The van der Waals surface area contributed by atoms with Crippen LogP contribution >= 0.6 is 0 Å². The van der Waals surface area contributed by atoms with Crippen LogP contribution in [0.25, 0.3) is 0 Å². The predicted molar refractivity (Wildman–Crippen MR) is 172 cm³/mol. The van der Waals surface area contributed by atoms with E-state index in [1.807, 2.05) is 0 Å². The lowest BCUT2D eigenvalue weighted by molar-refractivity contribution is -0.145. The van der Waals surface area contributed by atoms with Crippen LogP contribution in [0.5, 0.6) is 0 Å². The Kier molecular flexibility index (Phi) is 17.7. The highest BCUT2D eigenvalue weighted by Crippen LogP contribution is 2.19. The van der Waals surface area contributed by atoms with Gasteiger partial charge < -0.3 is 62.8 Å². The third-order valence-electron chi connectivity index (χ3n) is 8.31. The fourth-order valence-electron chi connectivity index (χ4n) is 5.00. The molecule has 1 heterocycles. The molecule has 1 fully saturated rings. The van der Waals surface area contributed by atoms with Gasteiger partial charge in [-0.2, -0.15) is 0 Å². The molecule has 0 aromatic heterocycles. The first-order valence-corrected chi connectivity index (χ1v) is 16.2. The molecule has 9 atom stereocenters. The van der Waals surface area contributed by atoms with E-state index in [4.69, 9.17) is 5.73 Å². The van der Waals surface area contributed by atoms with Gasteiger partial charge in [-0.3, -0.25) is 33.6 Å². The molecule has 20 heteroatoms. The maximum atomic E-state index is 13.2. The van der Waals surface area contributed by atoms with Crippen molar-refractivity contribution in [2.75, 3.05) is 19.8 Å². The zero-order valence-corrected chi connectivity index (χ0v) is 28.7. The summed E-state index contributed by atoms with van der Waals surface area (Å²) in [7, 11) is 0. The van der Waals surface area contributed by atoms with Crippen molar-refractivity contribution >= 4 is 47.4 Å². The molecule has 284 valence electrons. The molecule has 0 unspecified atom stereocenters. The second kappa shape index (κ2) is 20.3. The Morgan fingerprint density at radius 3 is 1.74 bits per heavy atom. The second-order valence-corrected chi connectivity index (χ2v) is 12.5. The zero-order chi connectivity index (χ0) is 38.5. The topological polar surface area (TPSA) is 327 Å². The third-order valence-corrected chi connectivity index (χ3v) is 8.31. The van der Waals surface area contributed by atoms with E-state index in [9.17, 15) is 63.9 Å². The SMILES string of the molecule is CC[C@H](C)[C@H](NC(=O)[C@H](CC(=O)O)NC(=O)[C@H](CO)NC(=O)[C@@H](NC(=O)[C@H](CO)NC(=O)[C@@H]1CCCN1C(=O)[C@@H](N)[C@@H](C)O)C(C)C)C(=O)O. The number of aliphatic hydroxyl groups excluding tert-OH is 3. The summed E-state index contributed by atoms with van der Waals surface area (Å²) in [4.78, 5) is 102. The van der Waals surface area contributed by atoms with Gasteiger partial charge in [-0.15, -0.1) is 0 Å². The molecule has 0 aliphatic carbocycles. The molecule has 0 aromatic carbocycles. The quantitative estimate of drug-likeness (QED) is 0.0564. The van der Waals surface area contributed by atoms with E-state index < -0.39 is 127 Å². The number of carboxylic acids is 2. The summed E-state index contributed by atoms with van der Waals surface area (Å²) >= 11 is 0. The smallest absolute Gasteiger partial charge is 0.326 e. The van der Waals surface area contributed by atoms with Crippen LogP contribution in [0.3, 0.4) is 0 Å². The van der Waals surface area contributed by atoms with Crippen LogP contribution in [0.2, 0.25) is 0 Å². The third kappa shape index (κ3) is 12.5. The van der Waals surface area contributed by atoms with Gasteiger partial charge in [0.15, 0.2) is 0 Å². The average Bonchev–Trinajstić information content (AvgIpc) is 3.55.